The first kappa shape index (κ1) is 15.2. The Bertz CT molecular complexity index is 537. The van der Waals surface area contributed by atoms with Gasteiger partial charge in [0.15, 0.2) is 0 Å². The van der Waals surface area contributed by atoms with Crippen LogP contribution in [0.4, 0.5) is 0 Å². The fraction of sp³-hybridized carbons (Fsp3) is 0.722. The van der Waals surface area contributed by atoms with Crippen LogP contribution in [0.15, 0.2) is 18.3 Å². The summed E-state index contributed by atoms with van der Waals surface area (Å²) >= 11 is 0. The molecule has 0 unspecified atom stereocenters. The lowest BCUT2D eigenvalue weighted by Crippen LogP contribution is -2.48. The summed E-state index contributed by atoms with van der Waals surface area (Å²) in [6.07, 6.45) is 6.91. The van der Waals surface area contributed by atoms with Crippen LogP contribution in [-0.4, -0.2) is 77.4 Å². The molecule has 3 aliphatic rings. The zero-order chi connectivity index (χ0) is 15.8. The van der Waals surface area contributed by atoms with E-state index in [2.05, 4.69) is 26.7 Å². The van der Waals surface area contributed by atoms with Crippen LogP contribution in [0.25, 0.3) is 0 Å². The molecule has 4 rings (SSSR count). The molecule has 0 aromatic carbocycles. The predicted molar refractivity (Wildman–Crippen MR) is 90.4 cm³/mol. The van der Waals surface area contributed by atoms with Crippen molar-refractivity contribution in [3.8, 4) is 0 Å². The molecule has 1 N–H and O–H groups in total. The Morgan fingerprint density at radius 1 is 1.30 bits per heavy atom. The molecule has 4 heterocycles. The zero-order valence-electron chi connectivity index (χ0n) is 14.1. The van der Waals surface area contributed by atoms with Crippen LogP contribution in [0.5, 0.6) is 0 Å². The van der Waals surface area contributed by atoms with Crippen molar-refractivity contribution in [1.82, 2.24) is 19.7 Å². The van der Waals surface area contributed by atoms with Gasteiger partial charge in [0.25, 0.3) is 5.91 Å². The first-order chi connectivity index (χ1) is 11.2. The highest BCUT2D eigenvalue weighted by molar-refractivity contribution is 5.92. The number of likely N-dealkylation sites (N-methyl/N-ethyl adjacent to an activating group) is 1. The van der Waals surface area contributed by atoms with Crippen molar-refractivity contribution in [1.29, 1.82) is 0 Å². The highest BCUT2D eigenvalue weighted by Crippen LogP contribution is 2.35. The zero-order valence-corrected chi connectivity index (χ0v) is 14.1. The van der Waals surface area contributed by atoms with Crippen LogP contribution in [0.3, 0.4) is 0 Å². The monoisotopic (exact) mass is 316 g/mol. The van der Waals surface area contributed by atoms with E-state index in [-0.39, 0.29) is 5.91 Å². The quantitative estimate of drug-likeness (QED) is 0.922. The van der Waals surface area contributed by atoms with Crippen LogP contribution in [0, 0.1) is 5.92 Å². The number of fused-ring (bicyclic) bond motifs is 1. The molecule has 5 nitrogen and oxygen atoms in total. The summed E-state index contributed by atoms with van der Waals surface area (Å²) in [7, 11) is 2.30. The number of hydrogen-bond donors (Lipinski definition) is 1. The van der Waals surface area contributed by atoms with Crippen LogP contribution in [0.1, 0.15) is 36.2 Å². The van der Waals surface area contributed by atoms with E-state index in [0.29, 0.717) is 18.0 Å². The molecule has 3 aliphatic heterocycles. The van der Waals surface area contributed by atoms with Gasteiger partial charge in [-0.1, -0.05) is 0 Å². The number of amides is 1. The fourth-order valence-electron chi connectivity index (χ4n) is 4.86. The molecular weight excluding hydrogens is 288 g/mol. The third kappa shape index (κ3) is 2.92. The molecule has 126 valence electrons. The predicted octanol–water partition coefficient (Wildman–Crippen LogP) is 1.65. The van der Waals surface area contributed by atoms with Crippen molar-refractivity contribution in [3.63, 3.8) is 0 Å². The normalized spacial score (nSPS) is 32.4. The molecule has 3 saturated heterocycles. The topological polar surface area (TPSA) is 42.6 Å². The molecule has 0 spiro atoms. The van der Waals surface area contributed by atoms with Crippen molar-refractivity contribution in [2.45, 2.75) is 37.8 Å². The lowest BCUT2D eigenvalue weighted by Gasteiger charge is -2.37. The minimum Gasteiger partial charge on any atom is -0.357 e. The lowest BCUT2D eigenvalue weighted by atomic mass is 9.92. The highest BCUT2D eigenvalue weighted by Gasteiger charge is 2.43. The number of nitrogens with one attached hydrogen (secondary N) is 1. The number of carbonyl (C=O) groups is 1. The van der Waals surface area contributed by atoms with E-state index in [1.165, 1.54) is 38.9 Å². The second kappa shape index (κ2) is 6.29. The van der Waals surface area contributed by atoms with E-state index < -0.39 is 0 Å². The van der Waals surface area contributed by atoms with E-state index in [9.17, 15) is 4.79 Å². The number of carbonyl (C=O) groups excluding carboxylic acids is 1. The minimum atomic E-state index is 0.166. The largest absolute Gasteiger partial charge is 0.357 e. The Kier molecular flexibility index (Phi) is 4.16. The molecule has 0 radical (unpaired) electrons. The van der Waals surface area contributed by atoms with Gasteiger partial charge in [0.2, 0.25) is 0 Å². The third-order valence-corrected chi connectivity index (χ3v) is 6.15. The highest BCUT2D eigenvalue weighted by atomic mass is 16.2. The summed E-state index contributed by atoms with van der Waals surface area (Å²) in [6, 6.07) is 5.11. The molecule has 3 atom stereocenters. The number of aromatic nitrogens is 1. The Balaban J connectivity index is 1.38. The molecule has 1 aromatic heterocycles. The maximum Gasteiger partial charge on any atom is 0.270 e. The molecule has 0 bridgehead atoms. The Morgan fingerprint density at radius 3 is 2.87 bits per heavy atom. The van der Waals surface area contributed by atoms with E-state index in [1.807, 2.05) is 18.3 Å². The average molecular weight is 316 g/mol. The maximum absolute atomic E-state index is 12.6. The smallest absolute Gasteiger partial charge is 0.270 e. The van der Waals surface area contributed by atoms with Gasteiger partial charge in [0.05, 0.1) is 0 Å². The van der Waals surface area contributed by atoms with Crippen LogP contribution in [-0.2, 0) is 0 Å². The molecule has 23 heavy (non-hydrogen) atoms. The Labute approximate surface area is 138 Å². The summed E-state index contributed by atoms with van der Waals surface area (Å²) in [5, 5.41) is 0. The van der Waals surface area contributed by atoms with Gasteiger partial charge in [0.1, 0.15) is 5.69 Å². The van der Waals surface area contributed by atoms with Crippen molar-refractivity contribution in [2.75, 3.05) is 39.8 Å². The van der Waals surface area contributed by atoms with Gasteiger partial charge in [0, 0.05) is 37.9 Å². The van der Waals surface area contributed by atoms with Gasteiger partial charge in [-0.15, -0.1) is 0 Å². The second-order valence-electron chi connectivity index (χ2n) is 7.51. The molecular formula is C18H28N4O. The van der Waals surface area contributed by atoms with Crippen molar-refractivity contribution >= 4 is 5.91 Å². The SMILES string of the molecule is CN1[C@@H](CN2CCCC2)C[C@H]2CN(C(=O)c3ccc[nH]3)CC[C@H]21. The average Bonchev–Trinajstić information content (AvgIpc) is 3.30. The minimum absolute atomic E-state index is 0.166. The Morgan fingerprint density at radius 2 is 2.13 bits per heavy atom. The molecule has 5 heteroatoms. The number of rotatable bonds is 3. The van der Waals surface area contributed by atoms with Gasteiger partial charge in [-0.2, -0.15) is 0 Å². The number of likely N-dealkylation sites (tertiary alicyclic amines) is 3. The van der Waals surface area contributed by atoms with Gasteiger partial charge in [-0.05, 0) is 63.9 Å². The number of piperidine rings is 1. The standard InChI is InChI=1S/C18H28N4O/c1-20-15(13-21-8-2-3-9-21)11-14-12-22(10-6-17(14)20)18(23)16-5-4-7-19-16/h4-5,7,14-15,17,19H,2-3,6,8-13H2,1H3/t14-,15+,17+/m0/s1. The summed E-state index contributed by atoms with van der Waals surface area (Å²) in [6.45, 7) is 5.57. The molecule has 1 amide bonds. The van der Waals surface area contributed by atoms with Crippen LogP contribution >= 0.6 is 0 Å². The van der Waals surface area contributed by atoms with Crippen LogP contribution < -0.4 is 0 Å². The van der Waals surface area contributed by atoms with Gasteiger partial charge >= 0.3 is 0 Å². The van der Waals surface area contributed by atoms with Gasteiger partial charge in [-0.3, -0.25) is 9.69 Å². The molecule has 0 saturated carbocycles. The molecule has 1 aromatic rings. The van der Waals surface area contributed by atoms with Crippen molar-refractivity contribution < 1.29 is 4.79 Å². The van der Waals surface area contributed by atoms with Crippen molar-refractivity contribution in [3.05, 3.63) is 24.0 Å². The van der Waals surface area contributed by atoms with Gasteiger partial charge < -0.3 is 14.8 Å². The summed E-state index contributed by atoms with van der Waals surface area (Å²) in [4.78, 5) is 22.9. The number of H-pyrrole nitrogens is 1. The molecule has 3 fully saturated rings. The lowest BCUT2D eigenvalue weighted by molar-refractivity contribution is 0.0600. The van der Waals surface area contributed by atoms with E-state index in [0.717, 1.165) is 25.2 Å². The first-order valence-corrected chi connectivity index (χ1v) is 9.09. The molecule has 0 aliphatic carbocycles. The number of aromatic amines is 1. The first-order valence-electron chi connectivity index (χ1n) is 9.09. The fourth-order valence-corrected chi connectivity index (χ4v) is 4.86. The van der Waals surface area contributed by atoms with E-state index in [4.69, 9.17) is 0 Å². The number of hydrogen-bond acceptors (Lipinski definition) is 3. The Hall–Kier alpha value is -1.33. The second-order valence-corrected chi connectivity index (χ2v) is 7.51. The summed E-state index contributed by atoms with van der Waals surface area (Å²) in [5.74, 6) is 0.805. The van der Waals surface area contributed by atoms with E-state index >= 15 is 0 Å². The summed E-state index contributed by atoms with van der Waals surface area (Å²) < 4.78 is 0. The van der Waals surface area contributed by atoms with E-state index in [1.54, 1.807) is 0 Å². The van der Waals surface area contributed by atoms with Crippen LogP contribution in [0.2, 0.25) is 0 Å². The van der Waals surface area contributed by atoms with Crippen molar-refractivity contribution in [2.24, 2.45) is 5.92 Å². The summed E-state index contributed by atoms with van der Waals surface area (Å²) in [5.41, 5.74) is 0.725. The number of nitrogens with zero attached hydrogens (tertiary/aromatic N) is 3. The maximum atomic E-state index is 12.6. The third-order valence-electron chi connectivity index (χ3n) is 6.15. The van der Waals surface area contributed by atoms with Gasteiger partial charge in [-0.25, -0.2) is 0 Å².